The summed E-state index contributed by atoms with van der Waals surface area (Å²) in [5, 5.41) is 1.37. The summed E-state index contributed by atoms with van der Waals surface area (Å²) in [4.78, 5) is 0. The first-order valence-corrected chi connectivity index (χ1v) is 5.61. The normalized spacial score (nSPS) is 12.9. The van der Waals surface area contributed by atoms with Gasteiger partial charge in [-0.1, -0.05) is 31.2 Å². The average molecular weight is 182 g/mol. The first kappa shape index (κ1) is 9.70. The summed E-state index contributed by atoms with van der Waals surface area (Å²) in [6, 6.07) is 8.44. The van der Waals surface area contributed by atoms with E-state index >= 15 is 0 Å². The zero-order chi connectivity index (χ0) is 8.97. The van der Waals surface area contributed by atoms with Gasteiger partial charge in [0.05, 0.1) is 8.15 Å². The third-order valence-electron chi connectivity index (χ3n) is 1.89. The first-order chi connectivity index (χ1) is 5.79. The van der Waals surface area contributed by atoms with Gasteiger partial charge >= 0.3 is 0 Å². The summed E-state index contributed by atoms with van der Waals surface area (Å²) in [7, 11) is 1.42. The Morgan fingerprint density at radius 3 is 2.50 bits per heavy atom. The summed E-state index contributed by atoms with van der Waals surface area (Å²) in [5.41, 5.74) is 1.34. The number of hydrogen-bond acceptors (Lipinski definition) is 1. The molecule has 1 unspecified atom stereocenters. The van der Waals surface area contributed by atoms with Gasteiger partial charge in [0.25, 0.3) is 0 Å². The van der Waals surface area contributed by atoms with Gasteiger partial charge in [-0.2, -0.15) is 0 Å². The molecule has 1 aromatic carbocycles. The summed E-state index contributed by atoms with van der Waals surface area (Å²) in [6.45, 7) is 4.31. The van der Waals surface area contributed by atoms with Crippen molar-refractivity contribution >= 4 is 13.5 Å². The second kappa shape index (κ2) is 4.59. The van der Waals surface area contributed by atoms with Crippen LogP contribution in [0.1, 0.15) is 12.5 Å². The molecule has 0 aromatic heterocycles. The van der Waals surface area contributed by atoms with Crippen LogP contribution in [0.2, 0.25) is 0 Å². The fourth-order valence-electron chi connectivity index (χ4n) is 1.24. The van der Waals surface area contributed by atoms with E-state index in [0.717, 1.165) is 6.16 Å². The van der Waals surface area contributed by atoms with Gasteiger partial charge in [0.15, 0.2) is 0 Å². The van der Waals surface area contributed by atoms with Gasteiger partial charge in [-0.15, -0.1) is 0 Å². The van der Waals surface area contributed by atoms with Crippen LogP contribution < -0.4 is 5.30 Å². The molecule has 0 N–H and O–H groups in total. The first-order valence-electron chi connectivity index (χ1n) is 4.17. The Bertz CT molecular complexity index is 243. The average Bonchev–Trinajstić information content (AvgIpc) is 2.10. The van der Waals surface area contributed by atoms with Crippen LogP contribution in [-0.2, 0) is 4.52 Å². The van der Waals surface area contributed by atoms with Crippen molar-refractivity contribution in [3.8, 4) is 0 Å². The summed E-state index contributed by atoms with van der Waals surface area (Å²) in [5.74, 6) is 0. The second-order valence-electron chi connectivity index (χ2n) is 2.66. The quantitative estimate of drug-likeness (QED) is 0.653. The van der Waals surface area contributed by atoms with E-state index in [2.05, 4.69) is 38.1 Å². The van der Waals surface area contributed by atoms with Gasteiger partial charge in [0.2, 0.25) is 0 Å². The van der Waals surface area contributed by atoms with Crippen LogP contribution in [0.15, 0.2) is 24.3 Å². The minimum atomic E-state index is -0.372. The molecule has 0 heterocycles. The summed E-state index contributed by atoms with van der Waals surface area (Å²) >= 11 is 0. The molecular formula is C10H15OP. The molecule has 0 saturated carbocycles. The maximum absolute atomic E-state index is 5.43. The molecule has 1 rings (SSSR count). The molecule has 0 bridgehead atoms. The lowest BCUT2D eigenvalue weighted by molar-refractivity contribution is 0.468. The predicted molar refractivity (Wildman–Crippen MR) is 55.3 cm³/mol. The van der Waals surface area contributed by atoms with Crippen LogP contribution >= 0.6 is 8.15 Å². The Hall–Kier alpha value is -0.390. The standard InChI is InChI=1S/C10H15OP/c1-4-12(11-3)10-8-6-5-7-9(10)2/h5-8H,4H2,1-3H3. The number of aryl methyl sites for hydroxylation is 1. The fourth-order valence-corrected chi connectivity index (χ4v) is 2.76. The van der Waals surface area contributed by atoms with Crippen molar-refractivity contribution in [3.63, 3.8) is 0 Å². The third-order valence-corrected chi connectivity index (χ3v) is 3.95. The number of benzene rings is 1. The highest BCUT2D eigenvalue weighted by Crippen LogP contribution is 2.34. The highest BCUT2D eigenvalue weighted by molar-refractivity contribution is 7.60. The molecule has 0 fully saturated rings. The predicted octanol–water partition coefficient (Wildman–Crippen LogP) is 2.68. The summed E-state index contributed by atoms with van der Waals surface area (Å²) in [6.07, 6.45) is 1.09. The molecule has 1 nitrogen and oxygen atoms in total. The smallest absolute Gasteiger partial charge is 0.0599 e. The lowest BCUT2D eigenvalue weighted by Gasteiger charge is -2.14. The van der Waals surface area contributed by atoms with Gasteiger partial charge in [-0.25, -0.2) is 0 Å². The monoisotopic (exact) mass is 182 g/mol. The van der Waals surface area contributed by atoms with Gasteiger partial charge in [-0.3, -0.25) is 0 Å². The molecule has 2 heteroatoms. The Labute approximate surface area is 75.6 Å². The van der Waals surface area contributed by atoms with E-state index in [9.17, 15) is 0 Å². The molecule has 0 aliphatic heterocycles. The van der Waals surface area contributed by atoms with Gasteiger partial charge in [-0.05, 0) is 18.6 Å². The van der Waals surface area contributed by atoms with E-state index in [4.69, 9.17) is 4.52 Å². The molecule has 0 saturated heterocycles. The highest BCUT2D eigenvalue weighted by atomic mass is 31.1. The minimum Gasteiger partial charge on any atom is -0.358 e. The SMILES string of the molecule is CCP(OC)c1ccccc1C. The topological polar surface area (TPSA) is 9.23 Å². The van der Waals surface area contributed by atoms with Crippen molar-refractivity contribution in [1.82, 2.24) is 0 Å². The number of rotatable bonds is 3. The molecular weight excluding hydrogens is 167 g/mol. The van der Waals surface area contributed by atoms with Crippen molar-refractivity contribution in [2.75, 3.05) is 13.3 Å². The Morgan fingerprint density at radius 1 is 1.33 bits per heavy atom. The Morgan fingerprint density at radius 2 is 2.00 bits per heavy atom. The lowest BCUT2D eigenvalue weighted by atomic mass is 10.2. The van der Waals surface area contributed by atoms with Crippen molar-refractivity contribution in [2.45, 2.75) is 13.8 Å². The largest absolute Gasteiger partial charge is 0.358 e. The van der Waals surface area contributed by atoms with E-state index in [1.165, 1.54) is 10.9 Å². The van der Waals surface area contributed by atoms with Crippen LogP contribution in [0.3, 0.4) is 0 Å². The van der Waals surface area contributed by atoms with E-state index in [0.29, 0.717) is 0 Å². The molecule has 0 spiro atoms. The van der Waals surface area contributed by atoms with Crippen LogP contribution in [0.25, 0.3) is 0 Å². The third kappa shape index (κ3) is 2.06. The molecule has 0 amide bonds. The molecule has 0 aliphatic rings. The van der Waals surface area contributed by atoms with Crippen molar-refractivity contribution < 1.29 is 4.52 Å². The van der Waals surface area contributed by atoms with Crippen LogP contribution in [0, 0.1) is 6.92 Å². The van der Waals surface area contributed by atoms with Crippen LogP contribution in [-0.4, -0.2) is 13.3 Å². The Kier molecular flexibility index (Phi) is 3.71. The number of hydrogen-bond donors (Lipinski definition) is 0. The maximum Gasteiger partial charge on any atom is 0.0599 e. The molecule has 66 valence electrons. The van der Waals surface area contributed by atoms with Crippen LogP contribution in [0.4, 0.5) is 0 Å². The van der Waals surface area contributed by atoms with E-state index < -0.39 is 0 Å². The van der Waals surface area contributed by atoms with Crippen LogP contribution in [0.5, 0.6) is 0 Å². The molecule has 0 aliphatic carbocycles. The lowest BCUT2D eigenvalue weighted by Crippen LogP contribution is -2.06. The molecule has 1 aromatic rings. The van der Waals surface area contributed by atoms with Gasteiger partial charge < -0.3 is 4.52 Å². The highest BCUT2D eigenvalue weighted by Gasteiger charge is 2.08. The summed E-state index contributed by atoms with van der Waals surface area (Å²) < 4.78 is 5.43. The fraction of sp³-hybridized carbons (Fsp3) is 0.400. The van der Waals surface area contributed by atoms with E-state index in [1.807, 2.05) is 0 Å². The molecule has 12 heavy (non-hydrogen) atoms. The van der Waals surface area contributed by atoms with Crippen molar-refractivity contribution in [2.24, 2.45) is 0 Å². The molecule has 1 atom stereocenters. The van der Waals surface area contributed by atoms with E-state index in [-0.39, 0.29) is 8.15 Å². The second-order valence-corrected chi connectivity index (χ2v) is 4.90. The zero-order valence-electron chi connectivity index (χ0n) is 7.87. The van der Waals surface area contributed by atoms with Crippen molar-refractivity contribution in [3.05, 3.63) is 29.8 Å². The Balaban J connectivity index is 2.92. The molecule has 0 radical (unpaired) electrons. The minimum absolute atomic E-state index is 0.372. The van der Waals surface area contributed by atoms with E-state index in [1.54, 1.807) is 7.11 Å². The maximum atomic E-state index is 5.43. The van der Waals surface area contributed by atoms with Gasteiger partial charge in [0.1, 0.15) is 0 Å². The zero-order valence-corrected chi connectivity index (χ0v) is 8.77. The van der Waals surface area contributed by atoms with Crippen molar-refractivity contribution in [1.29, 1.82) is 0 Å². The van der Waals surface area contributed by atoms with Gasteiger partial charge in [0, 0.05) is 12.4 Å².